The van der Waals surface area contributed by atoms with E-state index in [1.54, 1.807) is 6.92 Å². The predicted octanol–water partition coefficient (Wildman–Crippen LogP) is 6.41. The summed E-state index contributed by atoms with van der Waals surface area (Å²) in [6.07, 6.45) is 32.1. The molecule has 0 spiro atoms. The van der Waals surface area contributed by atoms with E-state index in [2.05, 4.69) is 44.7 Å². The van der Waals surface area contributed by atoms with Crippen LogP contribution in [-0.2, 0) is 123 Å². The van der Waals surface area contributed by atoms with E-state index >= 15 is 0 Å². The van der Waals surface area contributed by atoms with Crippen molar-refractivity contribution in [3.05, 3.63) is 175 Å². The number of Topliss-reactive ketones (excluding diaryl/α,β-unsaturated/α-hetero) is 3. The Labute approximate surface area is 755 Å². The standard InChI is InChI=1S/C20H28O3.2C18H24O3.C12H14O2.C10H10O2.C8H15ClO.C2H6O.CH2O3.Li.2Na.H2O4S.H2O/c1-3-5-6-7-8-9-19(21)16-11-10-15-12-18(14-17(15)13-16)20(22)23-4-2;2*1-2-3-4-5-6-7-17(19)14-9-8-13-10-16(18(20)21)12-15(13)11-14;1-2-14-12(13)11-7-9-5-3-4-6-10(9)8-11;11-10(12)9-5-7-3-1-2-4-8(7)6-9;1-2-3-4-5-6-7-8(9)10;1-2-3;2-1-4-3;;;;1-5(2,3)4;/h10-11,13,18H,3-9,12,14H2,1-2H3;2*8-9,11,16H,2-7,10,12H2,1H3,(H,20,21);3-6,11H,2,7-8H2,1H3;1-4,9H,5-6H2,(H,11,12);2-7H2,1H3;3H,2H2,1H3;1,3H;;;;(H2,1,2,3,4);1H2/q;;;;;;;;3*+1;;/p-3. The summed E-state index contributed by atoms with van der Waals surface area (Å²) in [5.41, 5.74) is 13.8. The van der Waals surface area contributed by atoms with Crippen molar-refractivity contribution in [1.82, 2.24) is 0 Å². The minimum absolute atomic E-state index is 0. The molecule has 10 rings (SSSR count). The average Bonchev–Trinajstić information content (AvgIpc) is 1.69. The number of carbonyl (C=O) groups is 10. The first kappa shape index (κ1) is 115. The third-order valence-corrected chi connectivity index (χ3v) is 20.0. The molecule has 0 amide bonds. The van der Waals surface area contributed by atoms with Crippen LogP contribution in [-0.4, -0.2) is 117 Å². The van der Waals surface area contributed by atoms with Gasteiger partial charge in [0.1, 0.15) is 0 Å². The number of rotatable bonds is 35. The summed E-state index contributed by atoms with van der Waals surface area (Å²) in [7, 11) is -4.67. The van der Waals surface area contributed by atoms with Crippen molar-refractivity contribution in [2.75, 3.05) is 19.8 Å². The van der Waals surface area contributed by atoms with Crippen molar-refractivity contribution in [1.29, 1.82) is 0 Å². The second-order valence-corrected chi connectivity index (χ2v) is 30.1. The molecule has 3 atom stereocenters. The molecule has 28 heteroatoms. The Morgan fingerprint density at radius 3 is 0.872 bits per heavy atom. The number of unbranched alkanes of at least 4 members (excludes halogenated alkanes) is 16. The first-order valence-electron chi connectivity index (χ1n) is 40.4. The molecular formula is C89H124ClLiNa2O23S. The first-order chi connectivity index (χ1) is 54.1. The second kappa shape index (κ2) is 67.9. The Kier molecular flexibility index (Phi) is 66.9. The van der Waals surface area contributed by atoms with Crippen LogP contribution in [0.25, 0.3) is 0 Å². The summed E-state index contributed by atoms with van der Waals surface area (Å²) in [6, 6.07) is 33.4. The van der Waals surface area contributed by atoms with Crippen molar-refractivity contribution in [3.8, 4) is 0 Å². The normalized spacial score (nSPS) is 14.3. The average molecular weight is 1680 g/mol. The minimum atomic E-state index is -4.67. The topological polar surface area (TPSA) is 410 Å². The Bertz CT molecular complexity index is 3700. The fourth-order valence-corrected chi connectivity index (χ4v) is 14.0. The van der Waals surface area contributed by atoms with E-state index in [-0.39, 0.29) is 155 Å². The van der Waals surface area contributed by atoms with Crippen LogP contribution >= 0.6 is 11.6 Å². The number of ether oxygens (including phenoxy) is 2. The molecule has 0 radical (unpaired) electrons. The van der Waals surface area contributed by atoms with Crippen LogP contribution in [0.3, 0.4) is 0 Å². The van der Waals surface area contributed by atoms with Gasteiger partial charge < -0.3 is 50.3 Å². The largest absolute Gasteiger partial charge is 1.00 e. The molecule has 117 heavy (non-hydrogen) atoms. The zero-order valence-corrected chi connectivity index (χ0v) is 76.4. The van der Waals surface area contributed by atoms with Crippen LogP contribution in [0.2, 0.25) is 0 Å². The Morgan fingerprint density at radius 1 is 0.410 bits per heavy atom. The minimum Gasteiger partial charge on any atom is -0.870 e. The molecule has 5 aliphatic rings. The molecule has 634 valence electrons. The monoisotopic (exact) mass is 1680 g/mol. The van der Waals surface area contributed by atoms with Crippen LogP contribution < -0.4 is 88.3 Å². The van der Waals surface area contributed by atoms with Gasteiger partial charge in [0.15, 0.2) is 17.3 Å². The molecule has 3 unspecified atom stereocenters. The third-order valence-electron chi connectivity index (χ3n) is 19.8. The maximum Gasteiger partial charge on any atom is 1.00 e. The molecule has 5 aromatic carbocycles. The molecule has 0 aliphatic heterocycles. The van der Waals surface area contributed by atoms with E-state index < -0.39 is 34.2 Å². The Morgan fingerprint density at radius 2 is 0.632 bits per heavy atom. The number of aliphatic hydroxyl groups is 1. The zero-order chi connectivity index (χ0) is 84.1. The van der Waals surface area contributed by atoms with Gasteiger partial charge in [0.05, 0.1) is 36.9 Å². The van der Waals surface area contributed by atoms with Gasteiger partial charge in [-0.2, -0.15) is 8.42 Å². The molecule has 0 aromatic heterocycles. The fourth-order valence-electron chi connectivity index (χ4n) is 13.8. The van der Waals surface area contributed by atoms with Crippen LogP contribution in [0.15, 0.2) is 103 Å². The van der Waals surface area contributed by atoms with E-state index in [9.17, 15) is 48.3 Å². The number of aliphatic hydroxyl groups excluding tert-OH is 1. The summed E-state index contributed by atoms with van der Waals surface area (Å²) >= 11 is 5.15. The molecular weight excluding hydrogens is 1560 g/mol. The molecule has 0 bridgehead atoms. The van der Waals surface area contributed by atoms with Crippen LogP contribution in [0.4, 0.5) is 0 Å². The van der Waals surface area contributed by atoms with Gasteiger partial charge in [0.2, 0.25) is 5.24 Å². The van der Waals surface area contributed by atoms with E-state index in [0.717, 1.165) is 115 Å². The number of fused-ring (bicyclic) bond motifs is 5. The third kappa shape index (κ3) is 49.1. The molecule has 0 saturated carbocycles. The van der Waals surface area contributed by atoms with Crippen molar-refractivity contribution >= 4 is 80.9 Å². The van der Waals surface area contributed by atoms with Gasteiger partial charge in [0, 0.05) is 60.9 Å². The number of carbonyl (C=O) groups excluding carboxylic acids is 8. The van der Waals surface area contributed by atoms with Gasteiger partial charge in [-0.15, -0.1) is 0 Å². The van der Waals surface area contributed by atoms with Gasteiger partial charge in [-0.25, -0.2) is 0 Å². The SMILES string of the molecule is CCCCCCCC(=O)Cl.CCCCCCCC(=O)c1ccc2c(c1)CC(C(=O)O)C2.CCCCCCCC(=O)c1ccc2c(c1)CC(C(=O)OCC)C2.CCCCCCCC(=O)c1ccc2c(c1)CC(C(=O)[O-])C2.CCO.CCOC(=O)C1Cc2ccccc2C1.O=C(O)C1Cc2ccccc2C1.O=CO[O-].O=S(=O)(O)O.[Li+].[Na+].[Na+].[OH-]. The quantitative estimate of drug-likeness (QED) is 0.00336. The summed E-state index contributed by atoms with van der Waals surface area (Å²) in [4.78, 5) is 114. The number of carboxylic acid groups (broad SMARTS) is 3. The van der Waals surface area contributed by atoms with Crippen molar-refractivity contribution in [3.63, 3.8) is 0 Å². The smallest absolute Gasteiger partial charge is 0.870 e. The maximum absolute atomic E-state index is 12.3. The number of hydrogen-bond acceptors (Lipinski definition) is 19. The molecule has 0 fully saturated rings. The van der Waals surface area contributed by atoms with Gasteiger partial charge >= 0.3 is 112 Å². The maximum atomic E-state index is 12.3. The van der Waals surface area contributed by atoms with E-state index in [1.165, 1.54) is 105 Å². The van der Waals surface area contributed by atoms with Crippen LogP contribution in [0.5, 0.6) is 0 Å². The molecule has 23 nitrogen and oxygen atoms in total. The zero-order valence-electron chi connectivity index (χ0n) is 70.9. The Balaban J connectivity index is -0.00000131. The molecule has 6 N–H and O–H groups in total. The number of halogens is 1. The summed E-state index contributed by atoms with van der Waals surface area (Å²) in [5, 5.41) is 44.6. The Hall–Kier alpha value is -5.76. The molecule has 5 aromatic rings. The van der Waals surface area contributed by atoms with Crippen LogP contribution in [0.1, 0.15) is 289 Å². The fraction of sp³-hybridized carbons (Fsp3) is 0.551. The number of hydrogen-bond donors (Lipinski definition) is 5. The number of benzene rings is 5. The van der Waals surface area contributed by atoms with Crippen molar-refractivity contribution < 1.29 is 189 Å². The van der Waals surface area contributed by atoms with Crippen LogP contribution in [0, 0.1) is 29.6 Å². The van der Waals surface area contributed by atoms with E-state index in [1.807, 2.05) is 105 Å². The number of esters is 2. The van der Waals surface area contributed by atoms with Gasteiger partial charge in [0.25, 0.3) is 6.47 Å². The summed E-state index contributed by atoms with van der Waals surface area (Å²) < 4.78 is 41.7. The van der Waals surface area contributed by atoms with Gasteiger partial charge in [-0.3, -0.25) is 52.3 Å². The first-order valence-corrected chi connectivity index (χ1v) is 42.1. The van der Waals surface area contributed by atoms with Gasteiger partial charge in [-0.05, 0) is 196 Å². The summed E-state index contributed by atoms with van der Waals surface area (Å²) in [6.45, 7) is 15.1. The van der Waals surface area contributed by atoms with Crippen molar-refractivity contribution in [2.45, 2.75) is 267 Å². The molecule has 0 heterocycles. The number of carboxylic acids is 3. The number of aliphatic carboxylic acids is 3. The predicted molar refractivity (Wildman–Crippen MR) is 434 cm³/mol. The van der Waals surface area contributed by atoms with E-state index in [0.29, 0.717) is 83.8 Å². The molecule has 0 saturated heterocycles. The molecule has 5 aliphatic carbocycles. The van der Waals surface area contributed by atoms with Gasteiger partial charge in [-0.1, -0.05) is 215 Å². The second-order valence-electron chi connectivity index (χ2n) is 28.8. The number of ketones is 3. The van der Waals surface area contributed by atoms with E-state index in [4.69, 9.17) is 64.0 Å². The summed E-state index contributed by atoms with van der Waals surface area (Å²) in [5.74, 6) is -2.96. The van der Waals surface area contributed by atoms with Crippen molar-refractivity contribution in [2.24, 2.45) is 29.6 Å².